The van der Waals surface area contributed by atoms with Crippen LogP contribution in [0.5, 0.6) is 11.5 Å². The predicted molar refractivity (Wildman–Crippen MR) is 84.7 cm³/mol. The van der Waals surface area contributed by atoms with Crippen molar-refractivity contribution in [1.29, 1.82) is 0 Å². The number of methoxy groups -OCH3 is 1. The Morgan fingerprint density at radius 1 is 1.05 bits per heavy atom. The summed E-state index contributed by atoms with van der Waals surface area (Å²) in [5.74, 6) is 1.47. The number of nitrogens with two attached hydrogens (primary N) is 1. The van der Waals surface area contributed by atoms with Gasteiger partial charge in [0.05, 0.1) is 18.3 Å². The summed E-state index contributed by atoms with van der Waals surface area (Å²) in [5, 5.41) is 1.12. The largest absolute Gasteiger partial charge is 0.493 e. The number of para-hydroxylation sites is 3. The van der Waals surface area contributed by atoms with Crippen LogP contribution in [-0.4, -0.2) is 11.7 Å². The van der Waals surface area contributed by atoms with E-state index in [2.05, 4.69) is 12.3 Å². The highest BCUT2D eigenvalue weighted by Gasteiger charge is 2.10. The molecule has 108 valence electrons. The molecule has 0 radical (unpaired) electrons. The van der Waals surface area contributed by atoms with Crippen molar-refractivity contribution in [3.63, 3.8) is 0 Å². The van der Waals surface area contributed by atoms with Crippen molar-refractivity contribution < 1.29 is 9.47 Å². The summed E-state index contributed by atoms with van der Waals surface area (Å²) in [6.45, 7) is 0.473. The number of nitrogen functional groups attached to an aromatic ring is 1. The van der Waals surface area contributed by atoms with E-state index in [0.717, 1.165) is 33.7 Å². The van der Waals surface area contributed by atoms with Gasteiger partial charge >= 0.3 is 0 Å². The van der Waals surface area contributed by atoms with E-state index in [0.29, 0.717) is 6.61 Å². The third kappa shape index (κ3) is 2.40. The summed E-state index contributed by atoms with van der Waals surface area (Å²) in [5.41, 5.74) is 8.96. The van der Waals surface area contributed by atoms with Gasteiger partial charge in [0.1, 0.15) is 6.61 Å². The predicted octanol–water partition coefficient (Wildman–Crippen LogP) is 3.35. The Balaban J connectivity index is 1.91. The van der Waals surface area contributed by atoms with Gasteiger partial charge in [-0.1, -0.05) is 24.3 Å². The van der Waals surface area contributed by atoms with Gasteiger partial charge in [0.2, 0.25) is 0 Å². The number of aromatic nitrogens is 1. The average molecular weight is 282 g/mol. The van der Waals surface area contributed by atoms with Crippen molar-refractivity contribution in [2.45, 2.75) is 6.61 Å². The normalized spacial score (nSPS) is 10.8. The molecular formula is C17H18N2O2. The molecule has 1 aromatic heterocycles. The maximum absolute atomic E-state index is 6.04. The number of hydrogen-bond acceptors (Lipinski definition) is 3. The maximum Gasteiger partial charge on any atom is 0.161 e. The van der Waals surface area contributed by atoms with Gasteiger partial charge < -0.3 is 19.8 Å². The molecule has 0 bridgehead atoms. The molecule has 0 atom stereocenters. The number of hydrogen-bond donors (Lipinski definition) is 1. The van der Waals surface area contributed by atoms with E-state index in [1.807, 2.05) is 48.0 Å². The maximum atomic E-state index is 6.04. The van der Waals surface area contributed by atoms with Crippen LogP contribution >= 0.6 is 0 Å². The van der Waals surface area contributed by atoms with Crippen LogP contribution in [0.15, 0.2) is 48.7 Å². The molecule has 0 amide bonds. The number of aryl methyl sites for hydroxylation is 1. The molecular weight excluding hydrogens is 264 g/mol. The van der Waals surface area contributed by atoms with E-state index in [9.17, 15) is 0 Å². The van der Waals surface area contributed by atoms with Gasteiger partial charge in [0.15, 0.2) is 11.5 Å². The Morgan fingerprint density at radius 3 is 2.57 bits per heavy atom. The van der Waals surface area contributed by atoms with Crippen molar-refractivity contribution in [2.24, 2.45) is 7.05 Å². The second-order valence-corrected chi connectivity index (χ2v) is 4.95. The molecule has 0 aliphatic heterocycles. The molecule has 0 fully saturated rings. The number of nitrogens with zero attached hydrogens (tertiary/aromatic N) is 1. The third-order valence-electron chi connectivity index (χ3n) is 3.57. The van der Waals surface area contributed by atoms with Gasteiger partial charge in [0, 0.05) is 24.2 Å². The Hall–Kier alpha value is -2.62. The molecule has 1 heterocycles. The molecule has 0 aliphatic rings. The van der Waals surface area contributed by atoms with Crippen molar-refractivity contribution in [1.82, 2.24) is 4.57 Å². The van der Waals surface area contributed by atoms with Crippen LogP contribution in [0.4, 0.5) is 5.69 Å². The standard InChI is InChI=1S/C17H18N2O2/c1-19-10-12(13-6-5-7-14(18)17(13)19)11-21-16-9-4-3-8-15(16)20-2/h3-10H,11,18H2,1-2H3. The number of ether oxygens (including phenoxy) is 2. The second kappa shape index (κ2) is 5.40. The SMILES string of the molecule is COc1ccccc1OCc1cn(C)c2c(N)cccc12. The molecule has 0 spiro atoms. The number of anilines is 1. The smallest absolute Gasteiger partial charge is 0.161 e. The van der Waals surface area contributed by atoms with Gasteiger partial charge in [-0.05, 0) is 18.2 Å². The second-order valence-electron chi connectivity index (χ2n) is 4.95. The Morgan fingerprint density at radius 2 is 1.81 bits per heavy atom. The third-order valence-corrected chi connectivity index (χ3v) is 3.57. The zero-order valence-electron chi connectivity index (χ0n) is 12.2. The first-order valence-electron chi connectivity index (χ1n) is 6.79. The minimum Gasteiger partial charge on any atom is -0.493 e. The lowest BCUT2D eigenvalue weighted by atomic mass is 10.1. The van der Waals surface area contributed by atoms with Crippen LogP contribution in [0.2, 0.25) is 0 Å². The van der Waals surface area contributed by atoms with Crippen LogP contribution in [0.25, 0.3) is 10.9 Å². The van der Waals surface area contributed by atoms with E-state index >= 15 is 0 Å². The molecule has 2 N–H and O–H groups in total. The molecule has 0 unspecified atom stereocenters. The number of benzene rings is 2. The minimum atomic E-state index is 0.473. The first-order valence-corrected chi connectivity index (χ1v) is 6.79. The Kier molecular flexibility index (Phi) is 3.44. The van der Waals surface area contributed by atoms with Gasteiger partial charge in [-0.3, -0.25) is 0 Å². The van der Waals surface area contributed by atoms with Crippen molar-refractivity contribution in [2.75, 3.05) is 12.8 Å². The van der Waals surface area contributed by atoms with Crippen LogP contribution in [0.3, 0.4) is 0 Å². The summed E-state index contributed by atoms with van der Waals surface area (Å²) in [7, 11) is 3.63. The lowest BCUT2D eigenvalue weighted by Crippen LogP contribution is -1.97. The van der Waals surface area contributed by atoms with Crippen LogP contribution < -0.4 is 15.2 Å². The van der Waals surface area contributed by atoms with Gasteiger partial charge in [-0.2, -0.15) is 0 Å². The monoisotopic (exact) mass is 282 g/mol. The van der Waals surface area contributed by atoms with E-state index in [1.54, 1.807) is 7.11 Å². The lowest BCUT2D eigenvalue weighted by molar-refractivity contribution is 0.285. The van der Waals surface area contributed by atoms with Gasteiger partial charge in [0.25, 0.3) is 0 Å². The molecule has 4 heteroatoms. The van der Waals surface area contributed by atoms with Crippen molar-refractivity contribution in [3.8, 4) is 11.5 Å². The molecule has 21 heavy (non-hydrogen) atoms. The highest BCUT2D eigenvalue weighted by molar-refractivity contribution is 5.93. The highest BCUT2D eigenvalue weighted by Crippen LogP contribution is 2.29. The fourth-order valence-electron chi connectivity index (χ4n) is 2.59. The lowest BCUT2D eigenvalue weighted by Gasteiger charge is -2.09. The van der Waals surface area contributed by atoms with Crippen molar-refractivity contribution >= 4 is 16.6 Å². The highest BCUT2D eigenvalue weighted by atomic mass is 16.5. The summed E-state index contributed by atoms with van der Waals surface area (Å²) in [6.07, 6.45) is 2.05. The molecule has 0 aliphatic carbocycles. The fraction of sp³-hybridized carbons (Fsp3) is 0.176. The van der Waals surface area contributed by atoms with Crippen LogP contribution in [0.1, 0.15) is 5.56 Å². The molecule has 2 aromatic carbocycles. The fourth-order valence-corrected chi connectivity index (χ4v) is 2.59. The van der Waals surface area contributed by atoms with Gasteiger partial charge in [-0.25, -0.2) is 0 Å². The van der Waals surface area contributed by atoms with Crippen molar-refractivity contribution in [3.05, 3.63) is 54.2 Å². The number of rotatable bonds is 4. The summed E-state index contributed by atoms with van der Waals surface area (Å²) >= 11 is 0. The summed E-state index contributed by atoms with van der Waals surface area (Å²) < 4.78 is 13.2. The molecule has 4 nitrogen and oxygen atoms in total. The van der Waals surface area contributed by atoms with E-state index in [-0.39, 0.29) is 0 Å². The van der Waals surface area contributed by atoms with E-state index < -0.39 is 0 Å². The first kappa shape index (κ1) is 13.4. The van der Waals surface area contributed by atoms with Gasteiger partial charge in [-0.15, -0.1) is 0 Å². The summed E-state index contributed by atoms with van der Waals surface area (Å²) in [4.78, 5) is 0. The molecule has 0 saturated heterocycles. The van der Waals surface area contributed by atoms with E-state index in [4.69, 9.17) is 15.2 Å². The molecule has 0 saturated carbocycles. The average Bonchev–Trinajstić information content (AvgIpc) is 2.83. The van der Waals surface area contributed by atoms with E-state index in [1.165, 1.54) is 0 Å². The topological polar surface area (TPSA) is 49.4 Å². The molecule has 3 aromatic rings. The quantitative estimate of drug-likeness (QED) is 0.747. The first-order chi connectivity index (χ1) is 10.2. The zero-order chi connectivity index (χ0) is 14.8. The molecule has 3 rings (SSSR count). The Labute approximate surface area is 123 Å². The summed E-state index contributed by atoms with van der Waals surface area (Å²) in [6, 6.07) is 13.6. The number of fused-ring (bicyclic) bond motifs is 1. The minimum absolute atomic E-state index is 0.473. The van der Waals surface area contributed by atoms with Crippen LogP contribution in [0, 0.1) is 0 Å². The Bertz CT molecular complexity index is 778. The zero-order valence-corrected chi connectivity index (χ0v) is 12.2. The van der Waals surface area contributed by atoms with Crippen LogP contribution in [-0.2, 0) is 13.7 Å².